The van der Waals surface area contributed by atoms with Gasteiger partial charge in [0, 0.05) is 25.2 Å². The average Bonchev–Trinajstić information content (AvgIpc) is 2.84. The fourth-order valence-electron chi connectivity index (χ4n) is 1.87. The van der Waals surface area contributed by atoms with Crippen LogP contribution >= 0.6 is 0 Å². The lowest BCUT2D eigenvalue weighted by molar-refractivity contribution is 0.138. The molecule has 0 amide bonds. The van der Waals surface area contributed by atoms with Crippen molar-refractivity contribution in [1.82, 2.24) is 10.3 Å². The number of hydrogen-bond acceptors (Lipinski definition) is 4. The Balaban J connectivity index is 1.77. The predicted octanol–water partition coefficient (Wildman–Crippen LogP) is 1.99. The Morgan fingerprint density at radius 3 is 3.00 bits per heavy atom. The van der Waals surface area contributed by atoms with Crippen molar-refractivity contribution in [3.05, 3.63) is 23.9 Å². The molecule has 0 bridgehead atoms. The van der Waals surface area contributed by atoms with Crippen molar-refractivity contribution in [2.24, 2.45) is 5.92 Å². The first-order valence-electron chi connectivity index (χ1n) is 6.64. The lowest BCUT2D eigenvalue weighted by Crippen LogP contribution is -2.19. The first-order chi connectivity index (χ1) is 8.74. The number of ether oxygens (including phenoxy) is 2. The monoisotopic (exact) mass is 250 g/mol. The molecule has 1 aromatic heterocycles. The van der Waals surface area contributed by atoms with Crippen LogP contribution in [0.1, 0.15) is 25.8 Å². The minimum atomic E-state index is 0.169. The number of pyridine rings is 1. The van der Waals surface area contributed by atoms with E-state index in [2.05, 4.69) is 30.2 Å². The molecule has 0 radical (unpaired) electrons. The van der Waals surface area contributed by atoms with Crippen LogP contribution in [0, 0.1) is 5.92 Å². The van der Waals surface area contributed by atoms with Crippen LogP contribution < -0.4 is 10.1 Å². The van der Waals surface area contributed by atoms with Gasteiger partial charge >= 0.3 is 0 Å². The summed E-state index contributed by atoms with van der Waals surface area (Å²) in [6.45, 7) is 7.76. The van der Waals surface area contributed by atoms with Crippen LogP contribution in [0.15, 0.2) is 18.3 Å². The van der Waals surface area contributed by atoms with E-state index in [4.69, 9.17) is 9.47 Å². The Morgan fingerprint density at radius 2 is 2.39 bits per heavy atom. The molecule has 0 aromatic carbocycles. The molecule has 18 heavy (non-hydrogen) atoms. The van der Waals surface area contributed by atoms with E-state index in [-0.39, 0.29) is 6.10 Å². The zero-order valence-electron chi connectivity index (χ0n) is 11.2. The zero-order chi connectivity index (χ0) is 12.8. The molecule has 1 unspecified atom stereocenters. The summed E-state index contributed by atoms with van der Waals surface area (Å²) in [5.74, 6) is 1.36. The van der Waals surface area contributed by atoms with Gasteiger partial charge in [-0.25, -0.2) is 4.98 Å². The van der Waals surface area contributed by atoms with Crippen molar-refractivity contribution in [3.63, 3.8) is 0 Å². The Bertz CT molecular complexity index is 345. The molecule has 1 fully saturated rings. The second-order valence-electron chi connectivity index (χ2n) is 5.13. The molecule has 1 N–H and O–H groups in total. The minimum Gasteiger partial charge on any atom is -0.472 e. The lowest BCUT2D eigenvalue weighted by atomic mass is 10.2. The van der Waals surface area contributed by atoms with Crippen molar-refractivity contribution in [2.75, 3.05) is 19.8 Å². The highest BCUT2D eigenvalue weighted by Gasteiger charge is 2.17. The molecule has 2 rings (SSSR count). The molecule has 1 atom stereocenters. The van der Waals surface area contributed by atoms with E-state index < -0.39 is 0 Å². The smallest absolute Gasteiger partial charge is 0.213 e. The number of rotatable bonds is 6. The molecule has 0 spiro atoms. The van der Waals surface area contributed by atoms with E-state index in [0.717, 1.165) is 26.1 Å². The van der Waals surface area contributed by atoms with Gasteiger partial charge in [0.1, 0.15) is 6.10 Å². The van der Waals surface area contributed by atoms with Crippen LogP contribution in [0.2, 0.25) is 0 Å². The molecule has 0 saturated carbocycles. The van der Waals surface area contributed by atoms with Crippen molar-refractivity contribution >= 4 is 0 Å². The Labute approximate surface area is 109 Å². The van der Waals surface area contributed by atoms with Crippen LogP contribution in [-0.2, 0) is 11.3 Å². The summed E-state index contributed by atoms with van der Waals surface area (Å²) >= 11 is 0. The van der Waals surface area contributed by atoms with Gasteiger partial charge in [-0.3, -0.25) is 0 Å². The second-order valence-corrected chi connectivity index (χ2v) is 5.13. The molecule has 4 nitrogen and oxygen atoms in total. The van der Waals surface area contributed by atoms with E-state index in [0.29, 0.717) is 18.4 Å². The van der Waals surface area contributed by atoms with Gasteiger partial charge in [-0.15, -0.1) is 0 Å². The highest BCUT2D eigenvalue weighted by Crippen LogP contribution is 2.14. The van der Waals surface area contributed by atoms with Crippen LogP contribution in [-0.4, -0.2) is 30.8 Å². The number of aromatic nitrogens is 1. The third-order valence-electron chi connectivity index (χ3n) is 2.85. The summed E-state index contributed by atoms with van der Waals surface area (Å²) in [7, 11) is 0. The molecular formula is C14H22N2O2. The summed E-state index contributed by atoms with van der Waals surface area (Å²) in [4.78, 5) is 4.32. The third-order valence-corrected chi connectivity index (χ3v) is 2.85. The van der Waals surface area contributed by atoms with Gasteiger partial charge in [-0.05, 0) is 18.0 Å². The second kappa shape index (κ2) is 6.71. The fourth-order valence-corrected chi connectivity index (χ4v) is 1.87. The van der Waals surface area contributed by atoms with Gasteiger partial charge in [0.15, 0.2) is 0 Å². The molecule has 1 saturated heterocycles. The number of hydrogen-bond donors (Lipinski definition) is 1. The van der Waals surface area contributed by atoms with E-state index in [1.807, 2.05) is 12.3 Å². The van der Waals surface area contributed by atoms with Gasteiger partial charge in [-0.2, -0.15) is 0 Å². The number of nitrogens with one attached hydrogen (secondary N) is 1. The molecule has 4 heteroatoms. The van der Waals surface area contributed by atoms with E-state index >= 15 is 0 Å². The first-order valence-corrected chi connectivity index (χ1v) is 6.64. The number of nitrogens with zero attached hydrogens (tertiary/aromatic N) is 1. The predicted molar refractivity (Wildman–Crippen MR) is 70.6 cm³/mol. The van der Waals surface area contributed by atoms with Gasteiger partial charge < -0.3 is 14.8 Å². The SMILES string of the molecule is CC(C)CNCc1ccc(OC2CCOC2)nc1. The van der Waals surface area contributed by atoms with E-state index in [1.165, 1.54) is 5.56 Å². The molecule has 2 heterocycles. The highest BCUT2D eigenvalue weighted by molar-refractivity contribution is 5.18. The summed E-state index contributed by atoms with van der Waals surface area (Å²) in [5, 5.41) is 3.39. The van der Waals surface area contributed by atoms with Gasteiger partial charge in [0.25, 0.3) is 0 Å². The largest absolute Gasteiger partial charge is 0.472 e. The van der Waals surface area contributed by atoms with Crippen LogP contribution in [0.4, 0.5) is 0 Å². The van der Waals surface area contributed by atoms with E-state index in [1.54, 1.807) is 0 Å². The topological polar surface area (TPSA) is 43.4 Å². The van der Waals surface area contributed by atoms with E-state index in [9.17, 15) is 0 Å². The molecule has 1 aromatic rings. The molecule has 0 aliphatic carbocycles. The standard InChI is InChI=1S/C14H22N2O2/c1-11(2)7-15-8-12-3-4-14(16-9-12)18-13-5-6-17-10-13/h3-4,9,11,13,15H,5-8,10H2,1-2H3. The van der Waals surface area contributed by atoms with Gasteiger partial charge in [0.2, 0.25) is 5.88 Å². The normalized spacial score (nSPS) is 19.4. The average molecular weight is 250 g/mol. The Morgan fingerprint density at radius 1 is 1.50 bits per heavy atom. The zero-order valence-corrected chi connectivity index (χ0v) is 11.2. The van der Waals surface area contributed by atoms with Gasteiger partial charge in [0.05, 0.1) is 13.2 Å². The quantitative estimate of drug-likeness (QED) is 0.838. The maximum Gasteiger partial charge on any atom is 0.213 e. The summed E-state index contributed by atoms with van der Waals surface area (Å²) in [6, 6.07) is 4.00. The van der Waals surface area contributed by atoms with Crippen LogP contribution in [0.3, 0.4) is 0 Å². The molecule has 100 valence electrons. The maximum atomic E-state index is 5.72. The molecule has 1 aliphatic rings. The Hall–Kier alpha value is -1.13. The highest BCUT2D eigenvalue weighted by atomic mass is 16.5. The summed E-state index contributed by atoms with van der Waals surface area (Å²) in [6.07, 6.45) is 3.00. The van der Waals surface area contributed by atoms with Crippen LogP contribution in [0.25, 0.3) is 0 Å². The van der Waals surface area contributed by atoms with Crippen molar-refractivity contribution in [1.29, 1.82) is 0 Å². The van der Waals surface area contributed by atoms with Crippen molar-refractivity contribution < 1.29 is 9.47 Å². The fraction of sp³-hybridized carbons (Fsp3) is 0.643. The van der Waals surface area contributed by atoms with Crippen molar-refractivity contribution in [3.8, 4) is 5.88 Å². The maximum absolute atomic E-state index is 5.72. The Kier molecular flexibility index (Phi) is 4.96. The summed E-state index contributed by atoms with van der Waals surface area (Å²) in [5.41, 5.74) is 1.19. The molecule has 1 aliphatic heterocycles. The lowest BCUT2D eigenvalue weighted by Gasteiger charge is -2.11. The molecular weight excluding hydrogens is 228 g/mol. The first kappa shape index (κ1) is 13.3. The van der Waals surface area contributed by atoms with Crippen LogP contribution in [0.5, 0.6) is 5.88 Å². The minimum absolute atomic E-state index is 0.169. The van der Waals surface area contributed by atoms with Gasteiger partial charge in [-0.1, -0.05) is 19.9 Å². The van der Waals surface area contributed by atoms with Crippen molar-refractivity contribution in [2.45, 2.75) is 32.9 Å². The third kappa shape index (κ3) is 4.27. The summed E-state index contributed by atoms with van der Waals surface area (Å²) < 4.78 is 11.0.